The molecule has 0 saturated heterocycles. The summed E-state index contributed by atoms with van der Waals surface area (Å²) in [6.45, 7) is 0.685. The minimum Gasteiger partial charge on any atom is -0.482 e. The molecule has 1 N–H and O–H groups in total. The van der Waals surface area contributed by atoms with E-state index in [0.29, 0.717) is 13.0 Å². The maximum atomic E-state index is 11.8. The van der Waals surface area contributed by atoms with Gasteiger partial charge in [0.1, 0.15) is 5.75 Å². The highest BCUT2D eigenvalue weighted by atomic mass is 16.5. The second kappa shape index (κ2) is 6.22. The predicted octanol–water partition coefficient (Wildman–Crippen LogP) is 2.06. The second-order valence-corrected chi connectivity index (χ2v) is 4.51. The van der Waals surface area contributed by atoms with Gasteiger partial charge in [0, 0.05) is 13.0 Å². The molecule has 1 heterocycles. The highest BCUT2D eigenvalue weighted by Crippen LogP contribution is 2.31. The van der Waals surface area contributed by atoms with Gasteiger partial charge in [0.05, 0.1) is 5.69 Å². The van der Waals surface area contributed by atoms with Crippen LogP contribution in [0.4, 0.5) is 5.69 Å². The number of carboxylic acid groups (broad SMARTS) is 1. The lowest BCUT2D eigenvalue weighted by Gasteiger charge is -2.29. The number of carbonyl (C=O) groups is 2. The summed E-state index contributed by atoms with van der Waals surface area (Å²) in [5, 5.41) is 8.55. The molecule has 0 radical (unpaired) electrons. The number of carbonyl (C=O) groups excluding carboxylic acids is 1. The summed E-state index contributed by atoms with van der Waals surface area (Å²) in [4.78, 5) is 24.0. The summed E-state index contributed by atoms with van der Waals surface area (Å²) in [5.41, 5.74) is 0.803. The summed E-state index contributed by atoms with van der Waals surface area (Å²) >= 11 is 0. The van der Waals surface area contributed by atoms with Gasteiger partial charge in [-0.2, -0.15) is 0 Å². The third kappa shape index (κ3) is 3.47. The van der Waals surface area contributed by atoms with Crippen LogP contribution in [0.2, 0.25) is 0 Å². The van der Waals surface area contributed by atoms with Crippen molar-refractivity contribution >= 4 is 17.6 Å². The summed E-state index contributed by atoms with van der Waals surface area (Å²) < 4.78 is 5.36. The summed E-state index contributed by atoms with van der Waals surface area (Å²) in [7, 11) is 0. The zero-order valence-electron chi connectivity index (χ0n) is 10.7. The molecule has 0 spiro atoms. The Morgan fingerprint density at radius 2 is 2.05 bits per heavy atom. The summed E-state index contributed by atoms with van der Waals surface area (Å²) in [6, 6.07) is 7.46. The normalized spacial score (nSPS) is 13.9. The zero-order valence-corrected chi connectivity index (χ0v) is 10.7. The molecule has 0 atom stereocenters. The molecule has 1 aromatic carbocycles. The van der Waals surface area contributed by atoms with Gasteiger partial charge >= 0.3 is 5.97 Å². The fraction of sp³-hybridized carbons (Fsp3) is 0.429. The van der Waals surface area contributed by atoms with E-state index < -0.39 is 5.97 Å². The maximum Gasteiger partial charge on any atom is 0.303 e. The van der Waals surface area contributed by atoms with Gasteiger partial charge in [0.2, 0.25) is 0 Å². The molecule has 1 aliphatic rings. The first kappa shape index (κ1) is 13.4. The first-order chi connectivity index (χ1) is 9.18. The first-order valence-corrected chi connectivity index (χ1v) is 6.42. The van der Waals surface area contributed by atoms with Gasteiger partial charge in [-0.25, -0.2) is 0 Å². The van der Waals surface area contributed by atoms with Crippen LogP contribution in [0.5, 0.6) is 5.75 Å². The van der Waals surface area contributed by atoms with E-state index in [2.05, 4.69) is 0 Å². The molecule has 19 heavy (non-hydrogen) atoms. The Balaban J connectivity index is 1.89. The van der Waals surface area contributed by atoms with E-state index in [4.69, 9.17) is 9.84 Å². The molecule has 0 saturated carbocycles. The fourth-order valence-electron chi connectivity index (χ4n) is 2.12. The monoisotopic (exact) mass is 263 g/mol. The number of nitrogens with zero attached hydrogens (tertiary/aromatic N) is 1. The first-order valence-electron chi connectivity index (χ1n) is 6.42. The Labute approximate surface area is 111 Å². The van der Waals surface area contributed by atoms with E-state index in [9.17, 15) is 9.59 Å². The molecule has 2 rings (SSSR count). The predicted molar refractivity (Wildman–Crippen MR) is 70.4 cm³/mol. The minimum atomic E-state index is -0.771. The van der Waals surface area contributed by atoms with Crippen molar-refractivity contribution < 1.29 is 19.4 Å². The van der Waals surface area contributed by atoms with Crippen LogP contribution in [0.15, 0.2) is 24.3 Å². The van der Waals surface area contributed by atoms with Crippen LogP contribution in [0, 0.1) is 0 Å². The molecule has 0 bridgehead atoms. The van der Waals surface area contributed by atoms with Gasteiger partial charge in [-0.1, -0.05) is 18.6 Å². The number of rotatable bonds is 6. The Kier molecular flexibility index (Phi) is 4.39. The molecule has 5 nitrogen and oxygen atoms in total. The van der Waals surface area contributed by atoms with Crippen molar-refractivity contribution in [1.29, 1.82) is 0 Å². The third-order valence-corrected chi connectivity index (χ3v) is 3.08. The van der Waals surface area contributed by atoms with Crippen molar-refractivity contribution in [2.75, 3.05) is 18.1 Å². The average molecular weight is 263 g/mol. The molecule has 0 aliphatic carbocycles. The van der Waals surface area contributed by atoms with Crippen LogP contribution in [0.25, 0.3) is 0 Å². The van der Waals surface area contributed by atoms with Crippen LogP contribution in [-0.2, 0) is 9.59 Å². The number of hydrogen-bond acceptors (Lipinski definition) is 3. The van der Waals surface area contributed by atoms with Crippen LogP contribution in [-0.4, -0.2) is 30.1 Å². The number of unbranched alkanes of at least 4 members (excludes halogenated alkanes) is 2. The maximum absolute atomic E-state index is 11.8. The quantitative estimate of drug-likeness (QED) is 0.798. The van der Waals surface area contributed by atoms with E-state index >= 15 is 0 Å². The van der Waals surface area contributed by atoms with Gasteiger partial charge in [-0.3, -0.25) is 9.59 Å². The number of hydrogen-bond donors (Lipinski definition) is 1. The highest BCUT2D eigenvalue weighted by molar-refractivity contribution is 5.97. The number of para-hydroxylation sites is 2. The highest BCUT2D eigenvalue weighted by Gasteiger charge is 2.24. The zero-order chi connectivity index (χ0) is 13.7. The lowest BCUT2D eigenvalue weighted by Crippen LogP contribution is -2.39. The van der Waals surface area contributed by atoms with Gasteiger partial charge in [-0.05, 0) is 25.0 Å². The summed E-state index contributed by atoms with van der Waals surface area (Å²) in [5.74, 6) is -0.0858. The van der Waals surface area contributed by atoms with Crippen LogP contribution in [0.3, 0.4) is 0 Å². The standard InChI is InChI=1S/C14H17NO4/c16-13-10-19-12-7-4-3-6-11(12)15(13)9-5-1-2-8-14(17)18/h3-4,6-7H,1-2,5,8-10H2,(H,17,18). The van der Waals surface area contributed by atoms with E-state index in [1.807, 2.05) is 24.3 Å². The topological polar surface area (TPSA) is 66.8 Å². The molecule has 1 amide bonds. The van der Waals surface area contributed by atoms with Crippen molar-refractivity contribution in [3.8, 4) is 5.75 Å². The van der Waals surface area contributed by atoms with Crippen LogP contribution >= 0.6 is 0 Å². The van der Waals surface area contributed by atoms with Crippen LogP contribution < -0.4 is 9.64 Å². The molecule has 102 valence electrons. The average Bonchev–Trinajstić information content (AvgIpc) is 2.40. The Morgan fingerprint density at radius 1 is 1.26 bits per heavy atom. The van der Waals surface area contributed by atoms with E-state index in [-0.39, 0.29) is 18.9 Å². The number of anilines is 1. The molecular weight excluding hydrogens is 246 g/mol. The smallest absolute Gasteiger partial charge is 0.303 e. The molecule has 0 unspecified atom stereocenters. The minimum absolute atomic E-state index is 0.0445. The van der Waals surface area contributed by atoms with Gasteiger partial charge < -0.3 is 14.7 Å². The Hall–Kier alpha value is -2.04. The SMILES string of the molecule is O=C(O)CCCCCN1C(=O)COc2ccccc21. The fourth-order valence-corrected chi connectivity index (χ4v) is 2.12. The van der Waals surface area contributed by atoms with Gasteiger partial charge in [-0.15, -0.1) is 0 Å². The number of benzene rings is 1. The number of fused-ring (bicyclic) bond motifs is 1. The molecule has 5 heteroatoms. The lowest BCUT2D eigenvalue weighted by molar-refractivity contribution is -0.137. The molecule has 0 aromatic heterocycles. The van der Waals surface area contributed by atoms with E-state index in [0.717, 1.165) is 24.3 Å². The number of aliphatic carboxylic acids is 1. The number of carboxylic acids is 1. The third-order valence-electron chi connectivity index (χ3n) is 3.08. The van der Waals surface area contributed by atoms with Crippen molar-refractivity contribution in [1.82, 2.24) is 0 Å². The molecule has 1 aliphatic heterocycles. The van der Waals surface area contributed by atoms with E-state index in [1.54, 1.807) is 4.90 Å². The summed E-state index contributed by atoms with van der Waals surface area (Å²) in [6.07, 6.45) is 2.44. The van der Waals surface area contributed by atoms with Gasteiger partial charge in [0.15, 0.2) is 6.61 Å². The second-order valence-electron chi connectivity index (χ2n) is 4.51. The molecule has 1 aromatic rings. The molecular formula is C14H17NO4. The van der Waals surface area contributed by atoms with Crippen molar-refractivity contribution in [3.05, 3.63) is 24.3 Å². The van der Waals surface area contributed by atoms with Crippen molar-refractivity contribution in [3.63, 3.8) is 0 Å². The van der Waals surface area contributed by atoms with Crippen LogP contribution in [0.1, 0.15) is 25.7 Å². The Bertz CT molecular complexity index is 472. The van der Waals surface area contributed by atoms with Crippen molar-refractivity contribution in [2.45, 2.75) is 25.7 Å². The molecule has 0 fully saturated rings. The number of amides is 1. The van der Waals surface area contributed by atoms with E-state index in [1.165, 1.54) is 0 Å². The Morgan fingerprint density at radius 3 is 2.84 bits per heavy atom. The van der Waals surface area contributed by atoms with Gasteiger partial charge in [0.25, 0.3) is 5.91 Å². The van der Waals surface area contributed by atoms with Crippen molar-refractivity contribution in [2.24, 2.45) is 0 Å². The number of ether oxygens (including phenoxy) is 1. The lowest BCUT2D eigenvalue weighted by atomic mass is 10.1. The largest absolute Gasteiger partial charge is 0.482 e.